The molecule has 34 heavy (non-hydrogen) atoms. The molecule has 0 spiro atoms. The van der Waals surface area contributed by atoms with Crippen LogP contribution in [0, 0.1) is 0 Å². The SMILES string of the molecule is C/C=C/C(=O)NCCOc1ccc(C(=O)c2c(-c3ccc(O)cc3)sc3cc(O)ccc23)cc1. The Morgan fingerprint density at radius 1 is 0.971 bits per heavy atom. The second-order valence-corrected chi connectivity index (χ2v) is 8.58. The van der Waals surface area contributed by atoms with E-state index in [4.69, 9.17) is 4.74 Å². The molecule has 0 atom stereocenters. The highest BCUT2D eigenvalue weighted by atomic mass is 32.1. The number of ketones is 1. The number of amides is 1. The van der Waals surface area contributed by atoms with E-state index in [0.29, 0.717) is 30.0 Å². The van der Waals surface area contributed by atoms with Gasteiger partial charge >= 0.3 is 0 Å². The van der Waals surface area contributed by atoms with Crippen molar-refractivity contribution in [3.05, 3.63) is 90.0 Å². The molecule has 4 rings (SSSR count). The first-order chi connectivity index (χ1) is 16.5. The fourth-order valence-corrected chi connectivity index (χ4v) is 4.77. The molecular formula is C27H23NO5S. The number of carbonyl (C=O) groups excluding carboxylic acids is 2. The smallest absolute Gasteiger partial charge is 0.243 e. The zero-order valence-corrected chi connectivity index (χ0v) is 19.3. The maximum atomic E-state index is 13.6. The van der Waals surface area contributed by atoms with Crippen molar-refractivity contribution in [1.29, 1.82) is 0 Å². The van der Waals surface area contributed by atoms with Crippen LogP contribution in [0.5, 0.6) is 17.2 Å². The summed E-state index contributed by atoms with van der Waals surface area (Å²) in [6.45, 7) is 2.45. The number of benzene rings is 3. The average Bonchev–Trinajstić information content (AvgIpc) is 3.21. The van der Waals surface area contributed by atoms with Crippen molar-refractivity contribution in [2.24, 2.45) is 0 Å². The Bertz CT molecular complexity index is 1350. The summed E-state index contributed by atoms with van der Waals surface area (Å²) in [6.07, 6.45) is 3.11. The van der Waals surface area contributed by atoms with Gasteiger partial charge in [-0.3, -0.25) is 9.59 Å². The molecule has 0 fully saturated rings. The summed E-state index contributed by atoms with van der Waals surface area (Å²) in [5.74, 6) is 0.550. The highest BCUT2D eigenvalue weighted by molar-refractivity contribution is 7.22. The van der Waals surface area contributed by atoms with Crippen LogP contribution in [0.4, 0.5) is 0 Å². The molecule has 1 aromatic heterocycles. The number of rotatable bonds is 8. The second-order valence-electron chi connectivity index (χ2n) is 7.53. The number of hydrogen-bond acceptors (Lipinski definition) is 6. The lowest BCUT2D eigenvalue weighted by Crippen LogP contribution is -2.26. The third-order valence-corrected chi connectivity index (χ3v) is 6.34. The third kappa shape index (κ3) is 5.10. The van der Waals surface area contributed by atoms with Crippen LogP contribution in [0.15, 0.2) is 78.9 Å². The largest absolute Gasteiger partial charge is 0.508 e. The lowest BCUT2D eigenvalue weighted by Gasteiger charge is -2.09. The Balaban J connectivity index is 1.58. The van der Waals surface area contributed by atoms with Crippen molar-refractivity contribution in [2.45, 2.75) is 6.92 Å². The van der Waals surface area contributed by atoms with E-state index in [-0.39, 0.29) is 23.2 Å². The fourth-order valence-electron chi connectivity index (χ4n) is 3.53. The molecule has 172 valence electrons. The van der Waals surface area contributed by atoms with Crippen molar-refractivity contribution < 1.29 is 24.5 Å². The maximum absolute atomic E-state index is 13.6. The lowest BCUT2D eigenvalue weighted by molar-refractivity contribution is -0.116. The van der Waals surface area contributed by atoms with E-state index in [0.717, 1.165) is 20.5 Å². The quantitative estimate of drug-likeness (QED) is 0.184. The van der Waals surface area contributed by atoms with E-state index >= 15 is 0 Å². The van der Waals surface area contributed by atoms with Crippen molar-refractivity contribution in [1.82, 2.24) is 5.32 Å². The van der Waals surface area contributed by atoms with Crippen molar-refractivity contribution >= 4 is 33.1 Å². The Kier molecular flexibility index (Phi) is 6.94. The van der Waals surface area contributed by atoms with Gasteiger partial charge in [-0.1, -0.05) is 6.08 Å². The minimum atomic E-state index is -0.173. The third-order valence-electron chi connectivity index (χ3n) is 5.13. The first-order valence-electron chi connectivity index (χ1n) is 10.7. The first-order valence-corrected chi connectivity index (χ1v) is 11.5. The monoisotopic (exact) mass is 473 g/mol. The first kappa shape index (κ1) is 23.1. The highest BCUT2D eigenvalue weighted by Gasteiger charge is 2.22. The lowest BCUT2D eigenvalue weighted by atomic mass is 9.97. The molecule has 3 aromatic carbocycles. The summed E-state index contributed by atoms with van der Waals surface area (Å²) in [4.78, 5) is 25.8. The number of hydrogen-bond donors (Lipinski definition) is 3. The zero-order chi connectivity index (χ0) is 24.1. The van der Waals surface area contributed by atoms with Crippen LogP contribution in [0.1, 0.15) is 22.8 Å². The Labute approximate surface area is 200 Å². The number of nitrogens with one attached hydrogen (secondary N) is 1. The number of thiophene rings is 1. The number of phenols is 2. The molecular weight excluding hydrogens is 450 g/mol. The number of allylic oxidation sites excluding steroid dienone is 1. The van der Waals surface area contributed by atoms with E-state index in [2.05, 4.69) is 5.32 Å². The molecule has 4 aromatic rings. The molecule has 1 heterocycles. The van der Waals surface area contributed by atoms with Gasteiger partial charge in [0.05, 0.1) is 6.54 Å². The molecule has 0 radical (unpaired) electrons. The van der Waals surface area contributed by atoms with E-state index < -0.39 is 0 Å². The van der Waals surface area contributed by atoms with Gasteiger partial charge in [0.2, 0.25) is 5.91 Å². The van der Waals surface area contributed by atoms with Crippen molar-refractivity contribution in [3.8, 4) is 27.7 Å². The van der Waals surface area contributed by atoms with Gasteiger partial charge in [0.1, 0.15) is 23.9 Å². The van der Waals surface area contributed by atoms with Gasteiger partial charge in [-0.2, -0.15) is 0 Å². The van der Waals surface area contributed by atoms with Crippen LogP contribution in [-0.2, 0) is 4.79 Å². The van der Waals surface area contributed by atoms with Crippen LogP contribution in [-0.4, -0.2) is 35.1 Å². The number of carbonyl (C=O) groups is 2. The van der Waals surface area contributed by atoms with Gasteiger partial charge in [0.15, 0.2) is 5.78 Å². The molecule has 0 aliphatic rings. The number of phenolic OH excluding ortho intramolecular Hbond substituents is 2. The summed E-state index contributed by atoms with van der Waals surface area (Å²) >= 11 is 1.42. The minimum absolute atomic E-state index is 0.133. The zero-order valence-electron chi connectivity index (χ0n) is 18.4. The molecule has 7 heteroatoms. The van der Waals surface area contributed by atoms with E-state index in [1.54, 1.807) is 79.7 Å². The van der Waals surface area contributed by atoms with E-state index in [1.807, 2.05) is 0 Å². The molecule has 0 aliphatic carbocycles. The summed E-state index contributed by atoms with van der Waals surface area (Å²) in [5, 5.41) is 23.0. The fraction of sp³-hybridized carbons (Fsp3) is 0.111. The summed E-state index contributed by atoms with van der Waals surface area (Å²) in [5.41, 5.74) is 1.86. The summed E-state index contributed by atoms with van der Waals surface area (Å²) in [7, 11) is 0. The predicted molar refractivity (Wildman–Crippen MR) is 134 cm³/mol. The topological polar surface area (TPSA) is 95.9 Å². The summed E-state index contributed by atoms with van der Waals surface area (Å²) in [6, 6.07) is 18.5. The molecule has 6 nitrogen and oxygen atoms in total. The van der Waals surface area contributed by atoms with Crippen molar-refractivity contribution in [3.63, 3.8) is 0 Å². The van der Waals surface area contributed by atoms with Crippen LogP contribution in [0.2, 0.25) is 0 Å². The highest BCUT2D eigenvalue weighted by Crippen LogP contribution is 2.41. The van der Waals surface area contributed by atoms with Gasteiger partial charge in [-0.05, 0) is 85.3 Å². The van der Waals surface area contributed by atoms with Gasteiger partial charge in [-0.25, -0.2) is 0 Å². The minimum Gasteiger partial charge on any atom is -0.508 e. The van der Waals surface area contributed by atoms with Crippen LogP contribution in [0.25, 0.3) is 20.5 Å². The van der Waals surface area contributed by atoms with Crippen molar-refractivity contribution in [2.75, 3.05) is 13.2 Å². The van der Waals surface area contributed by atoms with E-state index in [9.17, 15) is 19.8 Å². The molecule has 0 unspecified atom stereocenters. The predicted octanol–water partition coefficient (Wildman–Crippen LogP) is 5.28. The maximum Gasteiger partial charge on any atom is 0.243 e. The van der Waals surface area contributed by atoms with Crippen LogP contribution < -0.4 is 10.1 Å². The molecule has 0 bridgehead atoms. The second kappa shape index (κ2) is 10.2. The van der Waals surface area contributed by atoms with E-state index in [1.165, 1.54) is 17.4 Å². The molecule has 1 amide bonds. The number of ether oxygens (including phenoxy) is 1. The van der Waals surface area contributed by atoms with Crippen LogP contribution in [0.3, 0.4) is 0 Å². The standard InChI is InChI=1S/C27H23NO5S/c1-2-3-24(31)28-14-15-33-21-11-6-17(7-12-21)26(32)25-22-13-10-20(30)16-23(22)34-27(25)18-4-8-19(29)9-5-18/h2-13,16,29-30H,14-15H2,1H3,(H,28,31)/b3-2+. The van der Waals surface area contributed by atoms with Gasteiger partial charge in [0, 0.05) is 26.1 Å². The molecule has 3 N–H and O–H groups in total. The molecule has 0 aliphatic heterocycles. The van der Waals surface area contributed by atoms with Gasteiger partial charge in [0.25, 0.3) is 0 Å². The average molecular weight is 474 g/mol. The Hall–Kier alpha value is -4.10. The van der Waals surface area contributed by atoms with Gasteiger partial charge in [-0.15, -0.1) is 11.3 Å². The molecule has 0 saturated carbocycles. The normalized spacial score (nSPS) is 11.1. The molecule has 0 saturated heterocycles. The number of fused-ring (bicyclic) bond motifs is 1. The number of aromatic hydroxyl groups is 2. The Morgan fingerprint density at radius 2 is 1.68 bits per heavy atom. The summed E-state index contributed by atoms with van der Waals surface area (Å²) < 4.78 is 6.45. The van der Waals surface area contributed by atoms with Gasteiger partial charge < -0.3 is 20.3 Å². The Morgan fingerprint density at radius 3 is 2.38 bits per heavy atom. The van der Waals surface area contributed by atoms with Crippen LogP contribution >= 0.6 is 11.3 Å².